The monoisotopic (exact) mass is 397 g/mol. The molecule has 1 aliphatic heterocycles. The molecule has 2 aromatic rings. The zero-order valence-electron chi connectivity index (χ0n) is 16.7. The van der Waals surface area contributed by atoms with Gasteiger partial charge in [-0.25, -0.2) is 4.79 Å². The molecule has 2 aliphatic rings. The number of rotatable bonds is 3. The van der Waals surface area contributed by atoms with Gasteiger partial charge in [-0.1, -0.05) is 36.2 Å². The molecule has 2 heterocycles. The SMILES string of the molecule is Cc1noc(C2CCN(C(=O)NC3CCCC3)CCN2C(=O)c2ccccc2)n1. The highest BCUT2D eigenvalue weighted by Gasteiger charge is 2.34. The second-order valence-corrected chi connectivity index (χ2v) is 7.77. The molecule has 0 bridgehead atoms. The van der Waals surface area contributed by atoms with E-state index in [2.05, 4.69) is 15.5 Å². The van der Waals surface area contributed by atoms with Gasteiger partial charge in [0.25, 0.3) is 5.91 Å². The Kier molecular flexibility index (Phi) is 5.78. The molecule has 1 unspecified atom stereocenters. The number of urea groups is 1. The number of nitrogens with zero attached hydrogens (tertiary/aromatic N) is 4. The van der Waals surface area contributed by atoms with Crippen LogP contribution in [0.15, 0.2) is 34.9 Å². The summed E-state index contributed by atoms with van der Waals surface area (Å²) in [5, 5.41) is 7.04. The van der Waals surface area contributed by atoms with Crippen molar-refractivity contribution in [3.8, 4) is 0 Å². The molecule has 8 heteroatoms. The van der Waals surface area contributed by atoms with E-state index in [9.17, 15) is 9.59 Å². The molecule has 1 aliphatic carbocycles. The van der Waals surface area contributed by atoms with Gasteiger partial charge in [0.2, 0.25) is 5.89 Å². The number of carbonyl (C=O) groups is 2. The van der Waals surface area contributed by atoms with E-state index in [0.717, 1.165) is 12.8 Å². The van der Waals surface area contributed by atoms with Crippen molar-refractivity contribution in [1.82, 2.24) is 25.3 Å². The van der Waals surface area contributed by atoms with Crippen LogP contribution < -0.4 is 5.32 Å². The van der Waals surface area contributed by atoms with Gasteiger partial charge in [-0.3, -0.25) is 4.79 Å². The van der Waals surface area contributed by atoms with Crippen molar-refractivity contribution in [2.75, 3.05) is 19.6 Å². The Hall–Kier alpha value is -2.90. The van der Waals surface area contributed by atoms with E-state index in [-0.39, 0.29) is 24.0 Å². The van der Waals surface area contributed by atoms with Gasteiger partial charge >= 0.3 is 6.03 Å². The van der Waals surface area contributed by atoms with E-state index in [4.69, 9.17) is 4.52 Å². The average Bonchev–Trinajstić information content (AvgIpc) is 3.34. The third-order valence-electron chi connectivity index (χ3n) is 5.74. The first kappa shape index (κ1) is 19.4. The molecule has 4 rings (SSSR count). The molecular weight excluding hydrogens is 370 g/mol. The first-order valence-corrected chi connectivity index (χ1v) is 10.3. The fourth-order valence-electron chi connectivity index (χ4n) is 4.16. The fourth-order valence-corrected chi connectivity index (χ4v) is 4.16. The van der Waals surface area contributed by atoms with Crippen LogP contribution in [-0.2, 0) is 0 Å². The van der Waals surface area contributed by atoms with Crippen molar-refractivity contribution in [3.63, 3.8) is 0 Å². The van der Waals surface area contributed by atoms with Crippen LogP contribution in [0.2, 0.25) is 0 Å². The summed E-state index contributed by atoms with van der Waals surface area (Å²) in [5.74, 6) is 0.863. The van der Waals surface area contributed by atoms with Gasteiger partial charge in [0, 0.05) is 31.2 Å². The minimum atomic E-state index is -0.354. The number of nitrogens with one attached hydrogen (secondary N) is 1. The number of hydrogen-bond donors (Lipinski definition) is 1. The lowest BCUT2D eigenvalue weighted by Crippen LogP contribution is -2.45. The molecule has 1 N–H and O–H groups in total. The van der Waals surface area contributed by atoms with Crippen molar-refractivity contribution in [1.29, 1.82) is 0 Å². The highest BCUT2D eigenvalue weighted by Crippen LogP contribution is 2.28. The van der Waals surface area contributed by atoms with Crippen molar-refractivity contribution in [3.05, 3.63) is 47.6 Å². The van der Waals surface area contributed by atoms with E-state index < -0.39 is 0 Å². The topological polar surface area (TPSA) is 91.6 Å². The first-order chi connectivity index (χ1) is 14.1. The molecule has 154 valence electrons. The maximum Gasteiger partial charge on any atom is 0.317 e. The van der Waals surface area contributed by atoms with E-state index in [1.54, 1.807) is 28.9 Å². The van der Waals surface area contributed by atoms with Crippen LogP contribution in [0.5, 0.6) is 0 Å². The Morgan fingerprint density at radius 1 is 1.07 bits per heavy atom. The normalized spacial score (nSPS) is 20.5. The number of hydrogen-bond acceptors (Lipinski definition) is 5. The third-order valence-corrected chi connectivity index (χ3v) is 5.74. The molecule has 1 aromatic heterocycles. The summed E-state index contributed by atoms with van der Waals surface area (Å²) in [7, 11) is 0. The predicted octanol–water partition coefficient (Wildman–Crippen LogP) is 2.92. The van der Waals surface area contributed by atoms with E-state index in [1.165, 1.54) is 12.8 Å². The number of amides is 3. The van der Waals surface area contributed by atoms with Crippen LogP contribution in [0.25, 0.3) is 0 Å². The van der Waals surface area contributed by atoms with Crippen molar-refractivity contribution < 1.29 is 14.1 Å². The van der Waals surface area contributed by atoms with E-state index in [0.29, 0.717) is 43.3 Å². The quantitative estimate of drug-likeness (QED) is 0.860. The molecule has 0 spiro atoms. The highest BCUT2D eigenvalue weighted by molar-refractivity contribution is 5.94. The lowest BCUT2D eigenvalue weighted by molar-refractivity contribution is 0.0651. The first-order valence-electron chi connectivity index (χ1n) is 10.3. The minimum Gasteiger partial charge on any atom is -0.337 e. The zero-order valence-corrected chi connectivity index (χ0v) is 16.7. The van der Waals surface area contributed by atoms with E-state index >= 15 is 0 Å². The number of aryl methyl sites for hydroxylation is 1. The van der Waals surface area contributed by atoms with Crippen LogP contribution in [0.3, 0.4) is 0 Å². The molecule has 1 atom stereocenters. The Labute approximate surface area is 170 Å². The van der Waals surface area contributed by atoms with Gasteiger partial charge in [-0.05, 0) is 38.3 Å². The molecule has 8 nitrogen and oxygen atoms in total. The molecule has 2 fully saturated rings. The lowest BCUT2D eigenvalue weighted by Gasteiger charge is -2.27. The number of benzene rings is 1. The Morgan fingerprint density at radius 2 is 1.83 bits per heavy atom. The summed E-state index contributed by atoms with van der Waals surface area (Å²) < 4.78 is 5.40. The van der Waals surface area contributed by atoms with Crippen molar-refractivity contribution >= 4 is 11.9 Å². The fraction of sp³-hybridized carbons (Fsp3) is 0.524. The largest absolute Gasteiger partial charge is 0.337 e. The summed E-state index contributed by atoms with van der Waals surface area (Å²) in [6.07, 6.45) is 4.98. The van der Waals surface area contributed by atoms with Gasteiger partial charge < -0.3 is 19.6 Å². The van der Waals surface area contributed by atoms with Crippen molar-refractivity contribution in [2.45, 2.75) is 51.1 Å². The third kappa shape index (κ3) is 4.41. The van der Waals surface area contributed by atoms with Gasteiger partial charge in [-0.15, -0.1) is 0 Å². The summed E-state index contributed by atoms with van der Waals surface area (Å²) in [5.41, 5.74) is 0.609. The summed E-state index contributed by atoms with van der Waals surface area (Å²) in [4.78, 5) is 33.9. The maximum atomic E-state index is 13.2. The van der Waals surface area contributed by atoms with Crippen LogP contribution in [0, 0.1) is 6.92 Å². The summed E-state index contributed by atoms with van der Waals surface area (Å²) in [6.45, 7) is 3.18. The second-order valence-electron chi connectivity index (χ2n) is 7.77. The lowest BCUT2D eigenvalue weighted by atomic mass is 10.1. The van der Waals surface area contributed by atoms with Gasteiger partial charge in [0.05, 0.1) is 0 Å². The number of carbonyl (C=O) groups excluding carboxylic acids is 2. The molecule has 29 heavy (non-hydrogen) atoms. The smallest absolute Gasteiger partial charge is 0.317 e. The zero-order chi connectivity index (χ0) is 20.2. The molecular formula is C21H27N5O3. The summed E-state index contributed by atoms with van der Waals surface area (Å²) in [6, 6.07) is 9.03. The maximum absolute atomic E-state index is 13.2. The van der Waals surface area contributed by atoms with Gasteiger partial charge in [0.15, 0.2) is 5.82 Å². The Balaban J connectivity index is 1.53. The standard InChI is InChI=1S/C21H27N5O3/c1-15-22-19(29-24-15)18-11-12-25(21(28)23-17-9-5-6-10-17)13-14-26(18)20(27)16-7-3-2-4-8-16/h2-4,7-8,17-18H,5-6,9-14H2,1H3,(H,23,28). The van der Waals surface area contributed by atoms with Crippen LogP contribution in [0.4, 0.5) is 4.79 Å². The van der Waals surface area contributed by atoms with Crippen LogP contribution in [-0.4, -0.2) is 57.6 Å². The van der Waals surface area contributed by atoms with Gasteiger partial charge in [0.1, 0.15) is 6.04 Å². The Morgan fingerprint density at radius 3 is 2.52 bits per heavy atom. The minimum absolute atomic E-state index is 0.0497. The molecule has 1 aromatic carbocycles. The summed E-state index contributed by atoms with van der Waals surface area (Å²) >= 11 is 0. The van der Waals surface area contributed by atoms with Crippen LogP contribution >= 0.6 is 0 Å². The predicted molar refractivity (Wildman–Crippen MR) is 106 cm³/mol. The highest BCUT2D eigenvalue weighted by atomic mass is 16.5. The molecule has 3 amide bonds. The molecule has 1 saturated heterocycles. The molecule has 0 radical (unpaired) electrons. The van der Waals surface area contributed by atoms with Crippen molar-refractivity contribution in [2.24, 2.45) is 0 Å². The van der Waals surface area contributed by atoms with E-state index in [1.807, 2.05) is 18.2 Å². The second kappa shape index (κ2) is 8.63. The number of aromatic nitrogens is 2. The van der Waals surface area contributed by atoms with Gasteiger partial charge in [-0.2, -0.15) is 4.98 Å². The Bertz CT molecular complexity index is 847. The van der Waals surface area contributed by atoms with Crippen LogP contribution in [0.1, 0.15) is 60.2 Å². The average molecular weight is 397 g/mol. The molecule has 1 saturated carbocycles.